The minimum absolute atomic E-state index is 0.0183. The zero-order valence-corrected chi connectivity index (χ0v) is 12.3. The summed E-state index contributed by atoms with van der Waals surface area (Å²) < 4.78 is 0. The summed E-state index contributed by atoms with van der Waals surface area (Å²) >= 11 is 0. The summed E-state index contributed by atoms with van der Waals surface area (Å²) in [6, 6.07) is -0.0894. The highest BCUT2D eigenvalue weighted by molar-refractivity contribution is 5.75. The molecule has 0 radical (unpaired) electrons. The molecular formula is C13H25N3O3. The summed E-state index contributed by atoms with van der Waals surface area (Å²) in [5.74, 6) is -0.685. The molecule has 0 saturated carbocycles. The van der Waals surface area contributed by atoms with Crippen molar-refractivity contribution in [2.24, 2.45) is 11.3 Å². The second-order valence-electron chi connectivity index (χ2n) is 6.43. The van der Waals surface area contributed by atoms with Crippen molar-refractivity contribution in [2.45, 2.75) is 20.3 Å². The Morgan fingerprint density at radius 3 is 2.42 bits per heavy atom. The normalized spacial score (nSPS) is 16.4. The van der Waals surface area contributed by atoms with Crippen molar-refractivity contribution in [3.05, 3.63) is 0 Å². The molecule has 0 atom stereocenters. The molecule has 1 fully saturated rings. The molecule has 6 nitrogen and oxygen atoms in total. The number of carboxylic acids is 1. The van der Waals surface area contributed by atoms with Gasteiger partial charge >= 0.3 is 12.0 Å². The first-order valence-corrected chi connectivity index (χ1v) is 6.59. The average Bonchev–Trinajstić information content (AvgIpc) is 2.17. The first-order valence-electron chi connectivity index (χ1n) is 6.59. The van der Waals surface area contributed by atoms with E-state index in [1.54, 1.807) is 4.90 Å². The van der Waals surface area contributed by atoms with Gasteiger partial charge in [0.1, 0.15) is 0 Å². The van der Waals surface area contributed by atoms with Gasteiger partial charge in [0.15, 0.2) is 0 Å². The summed E-state index contributed by atoms with van der Waals surface area (Å²) in [6.45, 7) is 6.82. The number of hydrogen-bond donors (Lipinski definition) is 2. The number of rotatable bonds is 6. The molecule has 2 N–H and O–H groups in total. The zero-order valence-electron chi connectivity index (χ0n) is 12.3. The van der Waals surface area contributed by atoms with E-state index in [-0.39, 0.29) is 23.8 Å². The van der Waals surface area contributed by atoms with E-state index in [9.17, 15) is 9.59 Å². The van der Waals surface area contributed by atoms with Crippen LogP contribution in [0.3, 0.4) is 0 Å². The number of carboxylic acid groups (broad SMARTS) is 1. The monoisotopic (exact) mass is 271 g/mol. The minimum atomic E-state index is -0.794. The van der Waals surface area contributed by atoms with Crippen molar-refractivity contribution in [2.75, 3.05) is 40.3 Å². The van der Waals surface area contributed by atoms with Crippen LogP contribution in [0, 0.1) is 11.3 Å². The molecule has 0 unspecified atom stereocenters. The lowest BCUT2D eigenvalue weighted by Gasteiger charge is -2.39. The third-order valence-electron chi connectivity index (χ3n) is 3.17. The zero-order chi connectivity index (χ0) is 14.6. The van der Waals surface area contributed by atoms with Gasteiger partial charge in [-0.05, 0) is 19.5 Å². The Balaban J connectivity index is 2.24. The van der Waals surface area contributed by atoms with E-state index in [1.165, 1.54) is 0 Å². The molecule has 0 spiro atoms. The van der Waals surface area contributed by atoms with Crippen LogP contribution in [-0.2, 0) is 4.79 Å². The summed E-state index contributed by atoms with van der Waals surface area (Å²) in [7, 11) is 4.02. The van der Waals surface area contributed by atoms with Crippen molar-refractivity contribution in [3.63, 3.8) is 0 Å². The van der Waals surface area contributed by atoms with E-state index in [0.717, 1.165) is 6.54 Å². The van der Waals surface area contributed by atoms with Gasteiger partial charge in [0.25, 0.3) is 0 Å². The van der Waals surface area contributed by atoms with Gasteiger partial charge in [-0.2, -0.15) is 0 Å². The van der Waals surface area contributed by atoms with E-state index in [0.29, 0.717) is 19.6 Å². The maximum atomic E-state index is 11.8. The van der Waals surface area contributed by atoms with Crippen LogP contribution in [0.5, 0.6) is 0 Å². The van der Waals surface area contributed by atoms with Crippen LogP contribution in [-0.4, -0.2) is 67.2 Å². The maximum absolute atomic E-state index is 11.8. The Hall–Kier alpha value is -1.30. The largest absolute Gasteiger partial charge is 0.481 e. The van der Waals surface area contributed by atoms with E-state index in [1.807, 2.05) is 14.1 Å². The summed E-state index contributed by atoms with van der Waals surface area (Å²) in [5, 5.41) is 11.6. The van der Waals surface area contributed by atoms with Crippen LogP contribution in [0.25, 0.3) is 0 Å². The Labute approximate surface area is 114 Å². The molecule has 2 amide bonds. The van der Waals surface area contributed by atoms with Gasteiger partial charge in [-0.1, -0.05) is 13.8 Å². The molecule has 6 heteroatoms. The third-order valence-corrected chi connectivity index (χ3v) is 3.17. The molecule has 0 bridgehead atoms. The van der Waals surface area contributed by atoms with Crippen molar-refractivity contribution in [1.82, 2.24) is 15.1 Å². The fourth-order valence-corrected chi connectivity index (χ4v) is 2.45. The number of aliphatic carboxylic acids is 1. The van der Waals surface area contributed by atoms with E-state index < -0.39 is 5.97 Å². The quantitative estimate of drug-likeness (QED) is 0.745. The molecule has 1 heterocycles. The van der Waals surface area contributed by atoms with Crippen molar-refractivity contribution >= 4 is 12.0 Å². The van der Waals surface area contributed by atoms with Crippen LogP contribution in [0.2, 0.25) is 0 Å². The Bertz CT molecular complexity index is 336. The minimum Gasteiger partial charge on any atom is -0.481 e. The fourth-order valence-electron chi connectivity index (χ4n) is 2.45. The van der Waals surface area contributed by atoms with Gasteiger partial charge in [-0.25, -0.2) is 4.79 Å². The van der Waals surface area contributed by atoms with Crippen molar-refractivity contribution in [3.8, 4) is 0 Å². The Morgan fingerprint density at radius 2 is 1.95 bits per heavy atom. The molecule has 110 valence electrons. The van der Waals surface area contributed by atoms with Gasteiger partial charge in [0.05, 0.1) is 6.42 Å². The van der Waals surface area contributed by atoms with Gasteiger partial charge in [0.2, 0.25) is 0 Å². The molecule has 0 aromatic heterocycles. The number of carbonyl (C=O) groups is 2. The predicted octanol–water partition coefficient (Wildman–Crippen LogP) is 0.690. The number of amides is 2. The second kappa shape index (κ2) is 6.23. The molecule has 1 saturated heterocycles. The summed E-state index contributed by atoms with van der Waals surface area (Å²) in [6.07, 6.45) is 0.149. The summed E-state index contributed by atoms with van der Waals surface area (Å²) in [4.78, 5) is 26.1. The highest BCUT2D eigenvalue weighted by Gasteiger charge is 2.32. The first kappa shape index (κ1) is 15.8. The molecule has 1 aliphatic heterocycles. The van der Waals surface area contributed by atoms with Crippen LogP contribution >= 0.6 is 0 Å². The second-order valence-corrected chi connectivity index (χ2v) is 6.43. The number of carbonyl (C=O) groups excluding carboxylic acids is 1. The van der Waals surface area contributed by atoms with Crippen LogP contribution < -0.4 is 5.32 Å². The van der Waals surface area contributed by atoms with Gasteiger partial charge in [-0.15, -0.1) is 0 Å². The highest BCUT2D eigenvalue weighted by atomic mass is 16.4. The SMILES string of the molecule is CN(C)CC(C)(C)CNC(=O)N1CC(CC(=O)O)C1. The van der Waals surface area contributed by atoms with E-state index in [2.05, 4.69) is 24.1 Å². The molecular weight excluding hydrogens is 246 g/mol. The van der Waals surface area contributed by atoms with Crippen LogP contribution in [0.4, 0.5) is 4.79 Å². The average molecular weight is 271 g/mol. The number of nitrogens with one attached hydrogen (secondary N) is 1. The molecule has 1 aliphatic rings. The Kier molecular flexibility index (Phi) is 5.17. The standard InChI is InChI=1S/C13H25N3O3/c1-13(2,9-15(3)4)8-14-12(19)16-6-10(7-16)5-11(17)18/h10H,5-9H2,1-4H3,(H,14,19)(H,17,18). The lowest BCUT2D eigenvalue weighted by atomic mass is 9.93. The van der Waals surface area contributed by atoms with Crippen LogP contribution in [0.15, 0.2) is 0 Å². The highest BCUT2D eigenvalue weighted by Crippen LogP contribution is 2.19. The number of urea groups is 1. The lowest BCUT2D eigenvalue weighted by molar-refractivity contribution is -0.139. The van der Waals surface area contributed by atoms with Crippen molar-refractivity contribution in [1.29, 1.82) is 0 Å². The molecule has 1 rings (SSSR count). The van der Waals surface area contributed by atoms with Gasteiger partial charge in [0, 0.05) is 32.1 Å². The lowest BCUT2D eigenvalue weighted by Crippen LogP contribution is -2.55. The third kappa shape index (κ3) is 5.46. The summed E-state index contributed by atoms with van der Waals surface area (Å²) in [5.41, 5.74) is 0.0183. The van der Waals surface area contributed by atoms with Gasteiger partial charge in [-0.3, -0.25) is 4.79 Å². The van der Waals surface area contributed by atoms with Gasteiger partial charge < -0.3 is 20.2 Å². The molecule has 19 heavy (non-hydrogen) atoms. The number of nitrogens with zero attached hydrogens (tertiary/aromatic N) is 2. The van der Waals surface area contributed by atoms with Crippen molar-refractivity contribution < 1.29 is 14.7 Å². The maximum Gasteiger partial charge on any atom is 0.317 e. The Morgan fingerprint density at radius 1 is 1.37 bits per heavy atom. The molecule has 0 aromatic carbocycles. The predicted molar refractivity (Wildman–Crippen MR) is 73.0 cm³/mol. The number of likely N-dealkylation sites (tertiary alicyclic amines) is 1. The number of hydrogen-bond acceptors (Lipinski definition) is 3. The van der Waals surface area contributed by atoms with E-state index >= 15 is 0 Å². The van der Waals surface area contributed by atoms with E-state index in [4.69, 9.17) is 5.11 Å². The smallest absolute Gasteiger partial charge is 0.317 e. The fraction of sp³-hybridized carbons (Fsp3) is 0.846. The molecule has 0 aromatic rings. The first-order chi connectivity index (χ1) is 8.69. The van der Waals surface area contributed by atoms with Crippen LogP contribution in [0.1, 0.15) is 20.3 Å². The topological polar surface area (TPSA) is 72.9 Å². The molecule has 0 aliphatic carbocycles.